The first-order valence-electron chi connectivity index (χ1n) is 14.0. The number of fused-ring (bicyclic) bond motifs is 7. The van der Waals surface area contributed by atoms with Crippen LogP contribution in [0.5, 0.6) is 0 Å². The van der Waals surface area contributed by atoms with Crippen molar-refractivity contribution in [3.05, 3.63) is 0 Å². The number of rotatable bonds is 1. The van der Waals surface area contributed by atoms with Gasteiger partial charge in [-0.2, -0.15) is 0 Å². The van der Waals surface area contributed by atoms with Crippen molar-refractivity contribution < 1.29 is 5.11 Å². The molecular weight excluding hydrogens is 376 g/mol. The van der Waals surface area contributed by atoms with Crippen molar-refractivity contribution in [1.29, 1.82) is 0 Å². The predicted octanol–water partition coefficient (Wildman–Crippen LogP) is 8.25. The monoisotopic (exact) mass is 428 g/mol. The van der Waals surface area contributed by atoms with Crippen molar-refractivity contribution in [3.8, 4) is 0 Å². The van der Waals surface area contributed by atoms with E-state index in [1.807, 2.05) is 0 Å². The molecule has 0 radical (unpaired) electrons. The molecule has 0 saturated heterocycles. The molecule has 31 heavy (non-hydrogen) atoms. The van der Waals surface area contributed by atoms with Crippen LogP contribution in [0.25, 0.3) is 0 Å². The van der Waals surface area contributed by atoms with Gasteiger partial charge in [-0.15, -0.1) is 0 Å². The first-order valence-corrected chi connectivity index (χ1v) is 14.0. The molecule has 9 atom stereocenters. The van der Waals surface area contributed by atoms with Gasteiger partial charge in [-0.25, -0.2) is 0 Å². The van der Waals surface area contributed by atoms with Crippen molar-refractivity contribution >= 4 is 0 Å². The van der Waals surface area contributed by atoms with Crippen LogP contribution in [0.15, 0.2) is 0 Å². The summed E-state index contributed by atoms with van der Waals surface area (Å²) < 4.78 is 0. The number of aliphatic hydroxyl groups excluding tert-OH is 1. The molecule has 0 bridgehead atoms. The van der Waals surface area contributed by atoms with Crippen molar-refractivity contribution in [2.75, 3.05) is 6.61 Å². The van der Waals surface area contributed by atoms with Crippen LogP contribution < -0.4 is 0 Å². The van der Waals surface area contributed by atoms with Crippen molar-refractivity contribution in [2.45, 2.75) is 126 Å². The third-order valence-electron chi connectivity index (χ3n) is 13.8. The van der Waals surface area contributed by atoms with E-state index in [1.54, 1.807) is 0 Å². The second kappa shape index (κ2) is 6.76. The zero-order valence-corrected chi connectivity index (χ0v) is 21.9. The minimum absolute atomic E-state index is 0.149. The highest BCUT2D eigenvalue weighted by Gasteiger charge is 2.71. The van der Waals surface area contributed by atoms with Crippen LogP contribution in [-0.4, -0.2) is 11.7 Å². The van der Waals surface area contributed by atoms with Crippen molar-refractivity contribution in [3.63, 3.8) is 0 Å². The molecule has 5 fully saturated rings. The Morgan fingerprint density at radius 1 is 0.677 bits per heavy atom. The first-order chi connectivity index (χ1) is 14.4. The van der Waals surface area contributed by atoms with E-state index in [2.05, 4.69) is 48.5 Å². The van der Waals surface area contributed by atoms with Gasteiger partial charge in [-0.3, -0.25) is 0 Å². The largest absolute Gasteiger partial charge is 0.396 e. The van der Waals surface area contributed by atoms with Gasteiger partial charge in [0, 0.05) is 12.0 Å². The van der Waals surface area contributed by atoms with Crippen molar-refractivity contribution in [2.24, 2.45) is 56.2 Å². The predicted molar refractivity (Wildman–Crippen MR) is 131 cm³/mol. The second-order valence-corrected chi connectivity index (χ2v) is 15.3. The van der Waals surface area contributed by atoms with E-state index in [4.69, 9.17) is 0 Å². The lowest BCUT2D eigenvalue weighted by Gasteiger charge is -2.75. The summed E-state index contributed by atoms with van der Waals surface area (Å²) in [4.78, 5) is 0. The molecule has 0 heterocycles. The fraction of sp³-hybridized carbons (Fsp3) is 1.00. The average Bonchev–Trinajstić information content (AvgIpc) is 2.70. The lowest BCUT2D eigenvalue weighted by molar-refractivity contribution is -0.273. The topological polar surface area (TPSA) is 20.2 Å². The maximum atomic E-state index is 11.3. The van der Waals surface area contributed by atoms with E-state index in [-0.39, 0.29) is 5.41 Å². The van der Waals surface area contributed by atoms with Crippen LogP contribution in [0.3, 0.4) is 0 Å². The van der Waals surface area contributed by atoms with E-state index in [0.717, 1.165) is 17.8 Å². The molecule has 0 amide bonds. The minimum atomic E-state index is 0.149. The Morgan fingerprint density at radius 3 is 2.10 bits per heavy atom. The summed E-state index contributed by atoms with van der Waals surface area (Å²) >= 11 is 0. The van der Waals surface area contributed by atoms with Gasteiger partial charge in [0.1, 0.15) is 0 Å². The van der Waals surface area contributed by atoms with Gasteiger partial charge in [-0.05, 0) is 115 Å². The normalized spacial score (nSPS) is 58.5. The summed E-state index contributed by atoms with van der Waals surface area (Å²) in [5.74, 6) is 3.29. The van der Waals surface area contributed by atoms with Gasteiger partial charge in [0.25, 0.3) is 0 Å². The van der Waals surface area contributed by atoms with Gasteiger partial charge >= 0.3 is 0 Å². The average molecular weight is 429 g/mol. The van der Waals surface area contributed by atoms with Gasteiger partial charge < -0.3 is 5.11 Å². The molecule has 0 aromatic carbocycles. The molecule has 0 aliphatic heterocycles. The lowest BCUT2D eigenvalue weighted by Crippen LogP contribution is -2.69. The summed E-state index contributed by atoms with van der Waals surface area (Å²) in [6.45, 7) is 18.7. The van der Waals surface area contributed by atoms with Gasteiger partial charge in [0.2, 0.25) is 0 Å². The van der Waals surface area contributed by atoms with E-state index < -0.39 is 0 Å². The fourth-order valence-electron chi connectivity index (χ4n) is 11.5. The fourth-order valence-corrected chi connectivity index (χ4v) is 11.5. The van der Waals surface area contributed by atoms with E-state index in [9.17, 15) is 5.11 Å². The second-order valence-electron chi connectivity index (χ2n) is 15.3. The molecule has 178 valence electrons. The molecule has 1 heteroatoms. The van der Waals surface area contributed by atoms with Crippen LogP contribution in [0.4, 0.5) is 0 Å². The number of hydrogen-bond acceptors (Lipinski definition) is 1. The molecule has 0 aromatic heterocycles. The lowest BCUT2D eigenvalue weighted by atomic mass is 9.30. The standard InChI is InChI=1S/C30H52O/c1-21-9-8-10-22-27(21,5)12-11-23-28(22,6)16-18-30(20-31)24-19-25(2,3)13-14-26(24,4)15-17-29(23,30)7/h21-24,31H,8-20H2,1-7H3/t21-,22+,23-,24+,26+,27+,28-,29+,30+/m0/s1. The quantitative estimate of drug-likeness (QED) is 0.445. The summed E-state index contributed by atoms with van der Waals surface area (Å²) in [6.07, 6.45) is 16.7. The van der Waals surface area contributed by atoms with Crippen LogP contribution in [0.2, 0.25) is 0 Å². The van der Waals surface area contributed by atoms with E-state index >= 15 is 0 Å². The molecular formula is C30H52O. The van der Waals surface area contributed by atoms with E-state index in [0.29, 0.717) is 39.6 Å². The van der Waals surface area contributed by atoms with Crippen LogP contribution >= 0.6 is 0 Å². The SMILES string of the molecule is C[C@H]1CCC[C@@H]2[C@]1(C)CC[C@H]1[C@@]2(C)CC[C@@]2(CO)[C@@H]3CC(C)(C)CC[C@]3(C)CC[C@]12C. The Bertz CT molecular complexity index is 726. The minimum Gasteiger partial charge on any atom is -0.396 e. The highest BCUT2D eigenvalue weighted by molar-refractivity contribution is 5.20. The van der Waals surface area contributed by atoms with Crippen LogP contribution in [0.1, 0.15) is 126 Å². The Kier molecular flexibility index (Phi) is 4.96. The third-order valence-corrected chi connectivity index (χ3v) is 13.8. The Morgan fingerprint density at radius 2 is 1.39 bits per heavy atom. The molecule has 0 spiro atoms. The molecule has 0 aromatic rings. The molecule has 5 rings (SSSR count). The Hall–Kier alpha value is -0.0400. The zero-order valence-electron chi connectivity index (χ0n) is 21.9. The highest BCUT2D eigenvalue weighted by atomic mass is 16.3. The first kappa shape index (κ1) is 22.7. The molecule has 5 aliphatic rings. The zero-order chi connectivity index (χ0) is 22.5. The number of hydrogen-bond donors (Lipinski definition) is 1. The van der Waals surface area contributed by atoms with Gasteiger partial charge in [-0.1, -0.05) is 61.3 Å². The van der Waals surface area contributed by atoms with Crippen molar-refractivity contribution in [1.82, 2.24) is 0 Å². The Balaban J connectivity index is 1.58. The van der Waals surface area contributed by atoms with Gasteiger partial charge in [0.05, 0.1) is 0 Å². The molecule has 0 unspecified atom stereocenters. The maximum Gasteiger partial charge on any atom is 0.0495 e. The molecule has 5 saturated carbocycles. The molecule has 1 nitrogen and oxygen atoms in total. The summed E-state index contributed by atoms with van der Waals surface area (Å²) in [6, 6.07) is 0. The summed E-state index contributed by atoms with van der Waals surface area (Å²) in [5, 5.41) is 11.3. The summed E-state index contributed by atoms with van der Waals surface area (Å²) in [7, 11) is 0. The maximum absolute atomic E-state index is 11.3. The summed E-state index contributed by atoms with van der Waals surface area (Å²) in [5.41, 5.74) is 2.38. The third kappa shape index (κ3) is 2.77. The van der Waals surface area contributed by atoms with Crippen LogP contribution in [-0.2, 0) is 0 Å². The van der Waals surface area contributed by atoms with E-state index in [1.165, 1.54) is 77.0 Å². The number of aliphatic hydroxyl groups is 1. The highest BCUT2D eigenvalue weighted by Crippen LogP contribution is 2.78. The Labute approximate surface area is 193 Å². The molecule has 5 aliphatic carbocycles. The smallest absolute Gasteiger partial charge is 0.0495 e. The van der Waals surface area contributed by atoms with Gasteiger partial charge in [0.15, 0.2) is 0 Å². The van der Waals surface area contributed by atoms with Crippen LogP contribution in [0, 0.1) is 56.2 Å². The molecule has 1 N–H and O–H groups in total.